The van der Waals surface area contributed by atoms with Crippen molar-refractivity contribution >= 4 is 5.91 Å². The number of hydrogen-bond donors (Lipinski definition) is 2. The lowest BCUT2D eigenvalue weighted by Crippen LogP contribution is -2.31. The third-order valence-electron chi connectivity index (χ3n) is 2.91. The summed E-state index contributed by atoms with van der Waals surface area (Å²) in [4.78, 5) is 15.8. The Hall–Kier alpha value is -2.20. The highest BCUT2D eigenvalue weighted by molar-refractivity contribution is 5.82. The number of carbonyl (C=O) groups excluding carboxylic acids is 1. The van der Waals surface area contributed by atoms with Crippen molar-refractivity contribution in [2.75, 3.05) is 0 Å². The smallest absolute Gasteiger partial charge is 0.254 e. The number of nitrogens with zero attached hydrogens (tertiary/aromatic N) is 1. The van der Waals surface area contributed by atoms with Gasteiger partial charge in [0.15, 0.2) is 6.10 Å². The molecule has 2 atom stereocenters. The fraction of sp³-hybridized carbons (Fsp3) is 0.200. The number of benzene rings is 1. The van der Waals surface area contributed by atoms with E-state index in [1.807, 2.05) is 37.3 Å². The number of hydrogen-bond acceptors (Lipinski definition) is 3. The summed E-state index contributed by atoms with van der Waals surface area (Å²) in [5.41, 5.74) is 1.48. The molecule has 0 saturated carbocycles. The van der Waals surface area contributed by atoms with Crippen LogP contribution in [0.5, 0.6) is 0 Å². The molecular formula is C15H16N2O2. The molecule has 1 aromatic carbocycles. The second kappa shape index (κ2) is 6.11. The molecule has 0 aliphatic carbocycles. The Morgan fingerprint density at radius 3 is 2.47 bits per heavy atom. The van der Waals surface area contributed by atoms with E-state index in [4.69, 9.17) is 0 Å². The SMILES string of the molecule is C[C@@H](NC(=O)C(O)c1cccnc1)c1ccccc1. The van der Waals surface area contributed by atoms with E-state index in [2.05, 4.69) is 10.3 Å². The van der Waals surface area contributed by atoms with E-state index in [9.17, 15) is 9.90 Å². The third-order valence-corrected chi connectivity index (χ3v) is 2.91. The maximum Gasteiger partial charge on any atom is 0.254 e. The van der Waals surface area contributed by atoms with Crippen LogP contribution in [0.2, 0.25) is 0 Å². The summed E-state index contributed by atoms with van der Waals surface area (Å²) in [5.74, 6) is -0.427. The van der Waals surface area contributed by atoms with Crippen molar-refractivity contribution in [1.82, 2.24) is 10.3 Å². The summed E-state index contributed by atoms with van der Waals surface area (Å²) >= 11 is 0. The Morgan fingerprint density at radius 1 is 1.16 bits per heavy atom. The first-order valence-corrected chi connectivity index (χ1v) is 6.12. The van der Waals surface area contributed by atoms with Gasteiger partial charge in [-0.1, -0.05) is 36.4 Å². The molecule has 1 amide bonds. The summed E-state index contributed by atoms with van der Waals surface area (Å²) in [6.07, 6.45) is 1.89. The van der Waals surface area contributed by atoms with Gasteiger partial charge in [0.25, 0.3) is 5.91 Å². The topological polar surface area (TPSA) is 62.2 Å². The Kier molecular flexibility index (Phi) is 4.26. The molecule has 4 heteroatoms. The first-order valence-electron chi connectivity index (χ1n) is 6.12. The summed E-state index contributed by atoms with van der Waals surface area (Å²) < 4.78 is 0. The summed E-state index contributed by atoms with van der Waals surface area (Å²) in [5, 5.41) is 12.7. The first-order chi connectivity index (χ1) is 9.18. The molecule has 1 aromatic heterocycles. The molecule has 19 heavy (non-hydrogen) atoms. The van der Waals surface area contributed by atoms with Gasteiger partial charge in [-0.15, -0.1) is 0 Å². The molecule has 0 aliphatic heterocycles. The minimum atomic E-state index is -1.19. The number of carbonyl (C=O) groups is 1. The summed E-state index contributed by atoms with van der Waals surface area (Å²) in [6.45, 7) is 1.88. The molecule has 0 fully saturated rings. The summed E-state index contributed by atoms with van der Waals surface area (Å²) in [6, 6.07) is 12.8. The van der Waals surface area contributed by atoms with Crippen LogP contribution in [0.25, 0.3) is 0 Å². The Bertz CT molecular complexity index is 528. The minimum Gasteiger partial charge on any atom is -0.378 e. The van der Waals surface area contributed by atoms with Gasteiger partial charge >= 0.3 is 0 Å². The molecule has 0 saturated heterocycles. The van der Waals surface area contributed by atoms with Crippen LogP contribution in [-0.2, 0) is 4.79 Å². The van der Waals surface area contributed by atoms with Gasteiger partial charge in [-0.2, -0.15) is 0 Å². The second-order valence-electron chi connectivity index (χ2n) is 4.33. The molecule has 0 radical (unpaired) electrons. The van der Waals surface area contributed by atoms with E-state index in [1.165, 1.54) is 6.20 Å². The molecule has 0 bridgehead atoms. The van der Waals surface area contributed by atoms with Crippen molar-refractivity contribution in [1.29, 1.82) is 0 Å². The van der Waals surface area contributed by atoms with Gasteiger partial charge in [0.1, 0.15) is 0 Å². The van der Waals surface area contributed by atoms with Crippen LogP contribution in [-0.4, -0.2) is 16.0 Å². The van der Waals surface area contributed by atoms with Crippen LogP contribution < -0.4 is 5.32 Å². The maximum atomic E-state index is 11.9. The van der Waals surface area contributed by atoms with Crippen LogP contribution >= 0.6 is 0 Å². The largest absolute Gasteiger partial charge is 0.378 e. The Balaban J connectivity index is 2.02. The van der Waals surface area contributed by atoms with Gasteiger partial charge in [-0.05, 0) is 18.6 Å². The molecule has 0 spiro atoms. The number of aromatic nitrogens is 1. The van der Waals surface area contributed by atoms with Gasteiger partial charge in [-0.25, -0.2) is 0 Å². The van der Waals surface area contributed by atoms with E-state index in [0.29, 0.717) is 5.56 Å². The highest BCUT2D eigenvalue weighted by Gasteiger charge is 2.19. The molecule has 1 unspecified atom stereocenters. The van der Waals surface area contributed by atoms with Crippen molar-refractivity contribution in [2.24, 2.45) is 0 Å². The van der Waals surface area contributed by atoms with Gasteiger partial charge < -0.3 is 10.4 Å². The van der Waals surface area contributed by atoms with Gasteiger partial charge in [0.05, 0.1) is 6.04 Å². The molecule has 4 nitrogen and oxygen atoms in total. The molecule has 2 rings (SSSR count). The van der Waals surface area contributed by atoms with Crippen molar-refractivity contribution in [3.8, 4) is 0 Å². The van der Waals surface area contributed by atoms with Crippen LogP contribution in [0.15, 0.2) is 54.9 Å². The zero-order valence-corrected chi connectivity index (χ0v) is 10.7. The number of nitrogens with one attached hydrogen (secondary N) is 1. The molecule has 1 heterocycles. The highest BCUT2D eigenvalue weighted by Crippen LogP contribution is 2.15. The fourth-order valence-corrected chi connectivity index (χ4v) is 1.81. The van der Waals surface area contributed by atoms with Crippen LogP contribution in [0.3, 0.4) is 0 Å². The molecule has 2 aromatic rings. The van der Waals surface area contributed by atoms with E-state index in [-0.39, 0.29) is 6.04 Å². The average Bonchev–Trinajstić information content (AvgIpc) is 2.48. The Morgan fingerprint density at radius 2 is 1.84 bits per heavy atom. The predicted octanol–water partition coefficient (Wildman–Crippen LogP) is 1.99. The van der Waals surface area contributed by atoms with Gasteiger partial charge in [0, 0.05) is 18.0 Å². The van der Waals surface area contributed by atoms with Crippen LogP contribution in [0.1, 0.15) is 30.2 Å². The monoisotopic (exact) mass is 256 g/mol. The number of aliphatic hydroxyl groups excluding tert-OH is 1. The minimum absolute atomic E-state index is 0.153. The quantitative estimate of drug-likeness (QED) is 0.879. The first kappa shape index (κ1) is 13.2. The fourth-order valence-electron chi connectivity index (χ4n) is 1.81. The number of amides is 1. The lowest BCUT2D eigenvalue weighted by Gasteiger charge is -2.17. The maximum absolute atomic E-state index is 11.9. The van der Waals surface area contributed by atoms with Crippen LogP contribution in [0, 0.1) is 0 Å². The predicted molar refractivity (Wildman–Crippen MR) is 72.2 cm³/mol. The van der Waals surface area contributed by atoms with Gasteiger partial charge in [-0.3, -0.25) is 9.78 Å². The van der Waals surface area contributed by atoms with Crippen molar-refractivity contribution in [2.45, 2.75) is 19.1 Å². The van der Waals surface area contributed by atoms with Crippen molar-refractivity contribution in [3.05, 3.63) is 66.0 Å². The third kappa shape index (κ3) is 3.39. The van der Waals surface area contributed by atoms with Crippen molar-refractivity contribution in [3.63, 3.8) is 0 Å². The van der Waals surface area contributed by atoms with E-state index in [1.54, 1.807) is 18.3 Å². The molecule has 2 N–H and O–H groups in total. The van der Waals surface area contributed by atoms with E-state index in [0.717, 1.165) is 5.56 Å². The molecule has 0 aliphatic rings. The van der Waals surface area contributed by atoms with Gasteiger partial charge in [0.2, 0.25) is 0 Å². The standard InChI is InChI=1S/C15H16N2O2/c1-11(12-6-3-2-4-7-12)17-15(19)14(18)13-8-5-9-16-10-13/h2-11,14,18H,1H3,(H,17,19)/t11-,14?/m1/s1. The lowest BCUT2D eigenvalue weighted by atomic mass is 10.1. The number of pyridine rings is 1. The zero-order chi connectivity index (χ0) is 13.7. The number of rotatable bonds is 4. The lowest BCUT2D eigenvalue weighted by molar-refractivity contribution is -0.130. The molecule has 98 valence electrons. The van der Waals surface area contributed by atoms with Crippen molar-refractivity contribution < 1.29 is 9.90 Å². The Labute approximate surface area is 112 Å². The zero-order valence-electron chi connectivity index (χ0n) is 10.7. The van der Waals surface area contributed by atoms with Crippen LogP contribution in [0.4, 0.5) is 0 Å². The normalized spacial score (nSPS) is 13.6. The number of aliphatic hydroxyl groups is 1. The molecular weight excluding hydrogens is 240 g/mol. The highest BCUT2D eigenvalue weighted by atomic mass is 16.3. The second-order valence-corrected chi connectivity index (χ2v) is 4.33. The summed E-state index contributed by atoms with van der Waals surface area (Å²) in [7, 11) is 0. The van der Waals surface area contributed by atoms with E-state index >= 15 is 0 Å². The average molecular weight is 256 g/mol. The van der Waals surface area contributed by atoms with E-state index < -0.39 is 12.0 Å².